The first kappa shape index (κ1) is 20.6. The smallest absolute Gasteiger partial charge is 0.198 e. The standard InChI is InChI=1S/C23H25ClO4S/c1-26-18-12-11-16(15-19(18)27-2)20-23(24,29-17-9-5-3-6-10-17)21(25)22(28-20)13-7-4-8-14-22/h3,5-6,9-12,15,20H,4,7-8,13-14H2,1-2H3/t20-,23+/m0/s1. The Kier molecular flexibility index (Phi) is 5.83. The topological polar surface area (TPSA) is 44.8 Å². The summed E-state index contributed by atoms with van der Waals surface area (Å²) in [7, 11) is 3.19. The second kappa shape index (κ2) is 8.21. The number of halogens is 1. The Morgan fingerprint density at radius 2 is 1.69 bits per heavy atom. The highest BCUT2D eigenvalue weighted by atomic mass is 35.5. The molecule has 29 heavy (non-hydrogen) atoms. The third-order valence-corrected chi connectivity index (χ3v) is 7.59. The third-order valence-electron chi connectivity index (χ3n) is 5.79. The number of benzene rings is 2. The van der Waals surface area contributed by atoms with Gasteiger partial charge in [-0.1, -0.05) is 66.9 Å². The van der Waals surface area contributed by atoms with Gasteiger partial charge in [-0.2, -0.15) is 0 Å². The molecule has 1 aliphatic carbocycles. The number of ketones is 1. The second-order valence-electron chi connectivity index (χ2n) is 7.56. The number of carbonyl (C=O) groups excluding carboxylic acids is 1. The maximum atomic E-state index is 13.7. The molecule has 4 nitrogen and oxygen atoms in total. The van der Waals surface area contributed by atoms with Crippen molar-refractivity contribution in [2.45, 2.75) is 52.9 Å². The van der Waals surface area contributed by atoms with Crippen LogP contribution in [0, 0.1) is 0 Å². The van der Waals surface area contributed by atoms with Gasteiger partial charge >= 0.3 is 0 Å². The molecule has 1 aliphatic heterocycles. The maximum absolute atomic E-state index is 13.7. The molecule has 4 rings (SSSR count). The predicted octanol–water partition coefficient (Wildman–Crippen LogP) is 5.77. The lowest BCUT2D eigenvalue weighted by Gasteiger charge is -2.31. The average molecular weight is 433 g/mol. The molecule has 1 heterocycles. The summed E-state index contributed by atoms with van der Waals surface area (Å²) in [4.78, 5) is 14.7. The Morgan fingerprint density at radius 3 is 2.34 bits per heavy atom. The summed E-state index contributed by atoms with van der Waals surface area (Å²) in [6.07, 6.45) is 3.94. The van der Waals surface area contributed by atoms with Gasteiger partial charge < -0.3 is 14.2 Å². The number of thioether (sulfide) groups is 1. The van der Waals surface area contributed by atoms with Crippen LogP contribution in [0.2, 0.25) is 0 Å². The van der Waals surface area contributed by atoms with Crippen LogP contribution >= 0.6 is 23.4 Å². The van der Waals surface area contributed by atoms with Crippen LogP contribution < -0.4 is 9.47 Å². The van der Waals surface area contributed by atoms with Gasteiger partial charge in [0.1, 0.15) is 11.7 Å². The molecule has 1 spiro atoms. The molecule has 0 radical (unpaired) electrons. The summed E-state index contributed by atoms with van der Waals surface area (Å²) in [5, 5.41) is 0. The summed E-state index contributed by atoms with van der Waals surface area (Å²) in [5.74, 6) is 1.21. The van der Waals surface area contributed by atoms with Crippen molar-refractivity contribution in [3.63, 3.8) is 0 Å². The van der Waals surface area contributed by atoms with E-state index in [0.717, 1.165) is 42.6 Å². The molecule has 0 unspecified atom stereocenters. The van der Waals surface area contributed by atoms with Crippen molar-refractivity contribution in [2.75, 3.05) is 14.2 Å². The van der Waals surface area contributed by atoms with Gasteiger partial charge in [0.2, 0.25) is 0 Å². The Morgan fingerprint density at radius 1 is 1.00 bits per heavy atom. The number of carbonyl (C=O) groups is 1. The van der Waals surface area contributed by atoms with Crippen LogP contribution in [-0.4, -0.2) is 29.8 Å². The number of hydrogen-bond acceptors (Lipinski definition) is 5. The SMILES string of the molecule is COc1ccc([C@@H]2OC3(CCCCC3)C(=O)[C@]2(Cl)Sc2ccccc2)cc1OC. The zero-order valence-electron chi connectivity index (χ0n) is 16.7. The highest BCUT2D eigenvalue weighted by Gasteiger charge is 2.64. The number of rotatable bonds is 5. The lowest BCUT2D eigenvalue weighted by molar-refractivity contribution is -0.137. The van der Waals surface area contributed by atoms with E-state index in [1.807, 2.05) is 48.5 Å². The van der Waals surface area contributed by atoms with Gasteiger partial charge in [0.15, 0.2) is 21.5 Å². The minimum Gasteiger partial charge on any atom is -0.493 e. The largest absolute Gasteiger partial charge is 0.493 e. The molecule has 0 bridgehead atoms. The van der Waals surface area contributed by atoms with Gasteiger partial charge in [0.05, 0.1) is 14.2 Å². The van der Waals surface area contributed by atoms with Gasteiger partial charge in [-0.05, 0) is 42.7 Å². The Hall–Kier alpha value is -1.69. The summed E-state index contributed by atoms with van der Waals surface area (Å²) < 4.78 is 16.1. The van der Waals surface area contributed by atoms with E-state index in [0.29, 0.717) is 11.5 Å². The summed E-state index contributed by atoms with van der Waals surface area (Å²) in [6, 6.07) is 15.4. The average Bonchev–Trinajstić information content (AvgIpc) is 2.96. The monoisotopic (exact) mass is 432 g/mol. The number of alkyl halides is 1. The quantitative estimate of drug-likeness (QED) is 0.561. The minimum absolute atomic E-state index is 0.0139. The van der Waals surface area contributed by atoms with Crippen LogP contribution in [0.15, 0.2) is 53.4 Å². The fourth-order valence-corrected chi connectivity index (χ4v) is 6.13. The molecular weight excluding hydrogens is 408 g/mol. The van der Waals surface area contributed by atoms with E-state index in [4.69, 9.17) is 25.8 Å². The molecule has 2 aliphatic rings. The summed E-state index contributed by atoms with van der Waals surface area (Å²) in [5.41, 5.74) is 0.0106. The van der Waals surface area contributed by atoms with E-state index in [1.54, 1.807) is 14.2 Å². The zero-order chi connectivity index (χ0) is 20.5. The second-order valence-corrected chi connectivity index (χ2v) is 9.70. The lowest BCUT2D eigenvalue weighted by atomic mass is 9.81. The molecule has 154 valence electrons. The van der Waals surface area contributed by atoms with Crippen LogP contribution in [0.5, 0.6) is 11.5 Å². The van der Waals surface area contributed by atoms with Gasteiger partial charge in [-0.25, -0.2) is 0 Å². The van der Waals surface area contributed by atoms with Crippen LogP contribution in [0.3, 0.4) is 0 Å². The van der Waals surface area contributed by atoms with E-state index in [-0.39, 0.29) is 5.78 Å². The number of Topliss-reactive ketones (excluding diaryl/α,β-unsaturated/α-hetero) is 1. The Labute approximate surface area is 180 Å². The highest BCUT2D eigenvalue weighted by Crippen LogP contribution is 2.59. The summed E-state index contributed by atoms with van der Waals surface area (Å²) in [6.45, 7) is 0. The van der Waals surface area contributed by atoms with Crippen molar-refractivity contribution in [2.24, 2.45) is 0 Å². The fourth-order valence-electron chi connectivity index (χ4n) is 4.31. The van der Waals surface area contributed by atoms with Crippen LogP contribution in [-0.2, 0) is 9.53 Å². The number of methoxy groups -OCH3 is 2. The number of ether oxygens (including phenoxy) is 3. The van der Waals surface area contributed by atoms with Crippen molar-refractivity contribution in [3.8, 4) is 11.5 Å². The summed E-state index contributed by atoms with van der Waals surface area (Å²) >= 11 is 8.54. The molecule has 1 saturated heterocycles. The van der Waals surface area contributed by atoms with Crippen molar-refractivity contribution in [3.05, 3.63) is 54.1 Å². The van der Waals surface area contributed by atoms with Crippen molar-refractivity contribution < 1.29 is 19.0 Å². The molecule has 2 atom stereocenters. The molecule has 0 N–H and O–H groups in total. The molecule has 2 fully saturated rings. The van der Waals surface area contributed by atoms with E-state index >= 15 is 0 Å². The molecular formula is C23H25ClO4S. The normalized spacial score (nSPS) is 25.9. The predicted molar refractivity (Wildman–Crippen MR) is 115 cm³/mol. The Balaban J connectivity index is 1.77. The zero-order valence-corrected chi connectivity index (χ0v) is 18.2. The van der Waals surface area contributed by atoms with Crippen LogP contribution in [0.4, 0.5) is 0 Å². The molecule has 1 saturated carbocycles. The van der Waals surface area contributed by atoms with Crippen LogP contribution in [0.25, 0.3) is 0 Å². The van der Waals surface area contributed by atoms with E-state index in [2.05, 4.69) is 0 Å². The van der Waals surface area contributed by atoms with Crippen molar-refractivity contribution in [1.29, 1.82) is 0 Å². The van der Waals surface area contributed by atoms with Gasteiger partial charge in [0.25, 0.3) is 0 Å². The Bertz CT molecular complexity index is 882. The molecule has 0 aromatic heterocycles. The van der Waals surface area contributed by atoms with Gasteiger partial charge in [-0.3, -0.25) is 4.79 Å². The highest BCUT2D eigenvalue weighted by molar-refractivity contribution is 8.02. The van der Waals surface area contributed by atoms with E-state index in [9.17, 15) is 4.79 Å². The fraction of sp³-hybridized carbons (Fsp3) is 0.435. The molecule has 0 amide bonds. The first-order valence-corrected chi connectivity index (χ1v) is 11.1. The van der Waals surface area contributed by atoms with Crippen LogP contribution in [0.1, 0.15) is 43.8 Å². The van der Waals surface area contributed by atoms with Crippen molar-refractivity contribution in [1.82, 2.24) is 0 Å². The third kappa shape index (κ3) is 3.65. The molecule has 2 aromatic carbocycles. The van der Waals surface area contributed by atoms with E-state index in [1.165, 1.54) is 11.8 Å². The number of hydrogen-bond donors (Lipinski definition) is 0. The van der Waals surface area contributed by atoms with E-state index < -0.39 is 15.9 Å². The van der Waals surface area contributed by atoms with Gasteiger partial charge in [-0.15, -0.1) is 0 Å². The molecule has 6 heteroatoms. The first-order chi connectivity index (χ1) is 14.0. The minimum atomic E-state index is -1.24. The molecule has 2 aromatic rings. The lowest BCUT2D eigenvalue weighted by Crippen LogP contribution is -2.43. The van der Waals surface area contributed by atoms with Crippen molar-refractivity contribution >= 4 is 29.1 Å². The van der Waals surface area contributed by atoms with Gasteiger partial charge in [0, 0.05) is 4.90 Å². The maximum Gasteiger partial charge on any atom is 0.198 e. The first-order valence-electron chi connectivity index (χ1n) is 9.90.